The topological polar surface area (TPSA) is 103 Å². The van der Waals surface area contributed by atoms with E-state index in [1.165, 1.54) is 18.3 Å². The number of hydrogen-bond donors (Lipinski definition) is 2. The fraction of sp³-hybridized carbons (Fsp3) is 0.125. The summed E-state index contributed by atoms with van der Waals surface area (Å²) in [6, 6.07) is 12.6. The molecule has 0 spiro atoms. The molecular weight excluding hydrogens is 326 g/mol. The number of anilines is 1. The van der Waals surface area contributed by atoms with Crippen LogP contribution in [0.15, 0.2) is 59.8 Å². The SMILES string of the molecule is Cc1ccn(-c2ccccc2CNc2ncccc2S(N)(=O)=O)n1. The molecule has 0 saturated carbocycles. The highest BCUT2D eigenvalue weighted by atomic mass is 32.2. The molecular formula is C16H17N5O2S. The van der Waals surface area contributed by atoms with Crippen LogP contribution in [0.4, 0.5) is 5.82 Å². The molecule has 7 nitrogen and oxygen atoms in total. The van der Waals surface area contributed by atoms with Gasteiger partial charge in [0, 0.05) is 18.9 Å². The summed E-state index contributed by atoms with van der Waals surface area (Å²) in [4.78, 5) is 4.04. The molecule has 0 radical (unpaired) electrons. The number of nitrogens with zero attached hydrogens (tertiary/aromatic N) is 3. The summed E-state index contributed by atoms with van der Waals surface area (Å²) in [6.07, 6.45) is 3.39. The summed E-state index contributed by atoms with van der Waals surface area (Å²) in [5, 5.41) is 12.7. The van der Waals surface area contributed by atoms with Crippen LogP contribution in [0.25, 0.3) is 5.69 Å². The van der Waals surface area contributed by atoms with Crippen molar-refractivity contribution in [3.8, 4) is 5.69 Å². The lowest BCUT2D eigenvalue weighted by Crippen LogP contribution is -2.16. The van der Waals surface area contributed by atoms with Crippen LogP contribution in [-0.2, 0) is 16.6 Å². The molecule has 3 N–H and O–H groups in total. The number of sulfonamides is 1. The molecule has 0 unspecified atom stereocenters. The molecule has 0 fully saturated rings. The van der Waals surface area contributed by atoms with E-state index in [1.807, 2.05) is 43.5 Å². The third kappa shape index (κ3) is 3.44. The number of nitrogens with one attached hydrogen (secondary N) is 1. The van der Waals surface area contributed by atoms with Crippen molar-refractivity contribution in [2.45, 2.75) is 18.4 Å². The Balaban J connectivity index is 1.89. The van der Waals surface area contributed by atoms with Gasteiger partial charge in [0.15, 0.2) is 0 Å². The minimum atomic E-state index is -3.84. The third-order valence-corrected chi connectivity index (χ3v) is 4.43. The van der Waals surface area contributed by atoms with Gasteiger partial charge < -0.3 is 5.32 Å². The quantitative estimate of drug-likeness (QED) is 0.736. The van der Waals surface area contributed by atoms with Crippen LogP contribution in [0.5, 0.6) is 0 Å². The van der Waals surface area contributed by atoms with Gasteiger partial charge in [0.2, 0.25) is 10.0 Å². The molecule has 2 heterocycles. The van der Waals surface area contributed by atoms with Gasteiger partial charge in [-0.05, 0) is 36.8 Å². The minimum Gasteiger partial charge on any atom is -0.365 e. The number of primary sulfonamides is 1. The van der Waals surface area contributed by atoms with Gasteiger partial charge in [-0.25, -0.2) is 23.2 Å². The summed E-state index contributed by atoms with van der Waals surface area (Å²) in [6.45, 7) is 2.30. The molecule has 0 saturated heterocycles. The number of benzene rings is 1. The van der Waals surface area contributed by atoms with Crippen LogP contribution in [-0.4, -0.2) is 23.2 Å². The second-order valence-corrected chi connectivity index (χ2v) is 6.81. The van der Waals surface area contributed by atoms with E-state index in [2.05, 4.69) is 15.4 Å². The number of hydrogen-bond acceptors (Lipinski definition) is 5. The van der Waals surface area contributed by atoms with E-state index in [-0.39, 0.29) is 10.7 Å². The van der Waals surface area contributed by atoms with Crippen LogP contribution in [0.2, 0.25) is 0 Å². The highest BCUT2D eigenvalue weighted by Gasteiger charge is 2.15. The fourth-order valence-electron chi connectivity index (χ4n) is 2.36. The molecule has 1 aromatic carbocycles. The Morgan fingerprint density at radius 1 is 1.17 bits per heavy atom. The number of para-hydroxylation sites is 1. The number of aromatic nitrogens is 3. The second-order valence-electron chi connectivity index (χ2n) is 5.28. The monoisotopic (exact) mass is 343 g/mol. The molecule has 0 bridgehead atoms. The van der Waals surface area contributed by atoms with Crippen LogP contribution in [0.3, 0.4) is 0 Å². The summed E-state index contributed by atoms with van der Waals surface area (Å²) >= 11 is 0. The number of aryl methyl sites for hydroxylation is 1. The first-order valence-corrected chi connectivity index (χ1v) is 8.82. The van der Waals surface area contributed by atoms with E-state index in [1.54, 1.807) is 4.68 Å². The zero-order valence-electron chi connectivity index (χ0n) is 13.0. The average molecular weight is 343 g/mol. The van der Waals surface area contributed by atoms with Crippen LogP contribution in [0.1, 0.15) is 11.3 Å². The van der Waals surface area contributed by atoms with Gasteiger partial charge in [0.1, 0.15) is 10.7 Å². The van der Waals surface area contributed by atoms with E-state index in [0.717, 1.165) is 16.9 Å². The maximum atomic E-state index is 11.6. The molecule has 2 aromatic heterocycles. The first-order valence-electron chi connectivity index (χ1n) is 7.27. The van der Waals surface area contributed by atoms with Gasteiger partial charge in [0.25, 0.3) is 0 Å². The zero-order valence-corrected chi connectivity index (χ0v) is 13.9. The van der Waals surface area contributed by atoms with Gasteiger partial charge in [-0.15, -0.1) is 0 Å². The number of pyridine rings is 1. The Kier molecular flexibility index (Phi) is 4.32. The molecule has 24 heavy (non-hydrogen) atoms. The molecule has 3 rings (SSSR count). The van der Waals surface area contributed by atoms with E-state index in [9.17, 15) is 8.42 Å². The first kappa shape index (κ1) is 16.2. The smallest absolute Gasteiger partial charge is 0.241 e. The molecule has 3 aromatic rings. The lowest BCUT2D eigenvalue weighted by molar-refractivity contribution is 0.597. The average Bonchev–Trinajstić information content (AvgIpc) is 2.99. The van der Waals surface area contributed by atoms with Gasteiger partial charge >= 0.3 is 0 Å². The molecule has 8 heteroatoms. The van der Waals surface area contributed by atoms with Gasteiger partial charge in [-0.2, -0.15) is 5.10 Å². The summed E-state index contributed by atoms with van der Waals surface area (Å²) in [7, 11) is -3.84. The Morgan fingerprint density at radius 3 is 2.67 bits per heavy atom. The maximum Gasteiger partial charge on any atom is 0.241 e. The van der Waals surface area contributed by atoms with E-state index in [4.69, 9.17) is 5.14 Å². The van der Waals surface area contributed by atoms with Crippen molar-refractivity contribution < 1.29 is 8.42 Å². The number of rotatable bonds is 5. The van der Waals surface area contributed by atoms with Crippen molar-refractivity contribution in [2.24, 2.45) is 5.14 Å². The molecule has 0 amide bonds. The Labute approximate surface area is 140 Å². The van der Waals surface area contributed by atoms with Crippen molar-refractivity contribution in [1.29, 1.82) is 0 Å². The lowest BCUT2D eigenvalue weighted by Gasteiger charge is -2.12. The first-order chi connectivity index (χ1) is 11.4. The van der Waals surface area contributed by atoms with Crippen LogP contribution >= 0.6 is 0 Å². The number of nitrogens with two attached hydrogens (primary N) is 1. The summed E-state index contributed by atoms with van der Waals surface area (Å²) in [5.41, 5.74) is 2.77. The van der Waals surface area contributed by atoms with Gasteiger partial charge in [-0.3, -0.25) is 0 Å². The van der Waals surface area contributed by atoms with Crippen molar-refractivity contribution >= 4 is 15.8 Å². The molecule has 0 aliphatic rings. The van der Waals surface area contributed by atoms with E-state index >= 15 is 0 Å². The van der Waals surface area contributed by atoms with Crippen LogP contribution < -0.4 is 10.5 Å². The molecule has 0 aliphatic heterocycles. The Bertz CT molecular complexity index is 966. The summed E-state index contributed by atoms with van der Waals surface area (Å²) in [5.74, 6) is 0.228. The highest BCUT2D eigenvalue weighted by Crippen LogP contribution is 2.19. The Morgan fingerprint density at radius 2 is 1.96 bits per heavy atom. The predicted octanol–water partition coefficient (Wildman–Crippen LogP) is 1.84. The standard InChI is InChI=1S/C16H17N5O2S/c1-12-8-10-21(20-12)14-6-3-2-5-13(14)11-19-16-15(24(17,22)23)7-4-9-18-16/h2-10H,11H2,1H3,(H,18,19)(H2,17,22,23). The molecule has 0 atom stereocenters. The van der Waals surface area contributed by atoms with E-state index < -0.39 is 10.0 Å². The molecule has 0 aliphatic carbocycles. The lowest BCUT2D eigenvalue weighted by atomic mass is 10.2. The highest BCUT2D eigenvalue weighted by molar-refractivity contribution is 7.89. The molecule has 124 valence electrons. The van der Waals surface area contributed by atoms with Crippen LogP contribution in [0, 0.1) is 6.92 Å². The van der Waals surface area contributed by atoms with Gasteiger partial charge in [0.05, 0.1) is 11.4 Å². The van der Waals surface area contributed by atoms with Crippen molar-refractivity contribution in [1.82, 2.24) is 14.8 Å². The third-order valence-electron chi connectivity index (χ3n) is 3.48. The van der Waals surface area contributed by atoms with Gasteiger partial charge in [-0.1, -0.05) is 18.2 Å². The largest absolute Gasteiger partial charge is 0.365 e. The van der Waals surface area contributed by atoms with Crippen molar-refractivity contribution in [3.05, 3.63) is 66.1 Å². The van der Waals surface area contributed by atoms with Crippen molar-refractivity contribution in [2.75, 3.05) is 5.32 Å². The second kappa shape index (κ2) is 6.42. The predicted molar refractivity (Wildman–Crippen MR) is 91.2 cm³/mol. The maximum absolute atomic E-state index is 11.6. The zero-order chi connectivity index (χ0) is 17.2. The summed E-state index contributed by atoms with van der Waals surface area (Å²) < 4.78 is 25.1. The van der Waals surface area contributed by atoms with E-state index in [0.29, 0.717) is 6.54 Å². The fourth-order valence-corrected chi connectivity index (χ4v) is 3.03. The Hall–Kier alpha value is -2.71. The normalized spacial score (nSPS) is 11.4. The minimum absolute atomic E-state index is 0.0302. The van der Waals surface area contributed by atoms with Crippen molar-refractivity contribution in [3.63, 3.8) is 0 Å².